The first-order valence-corrected chi connectivity index (χ1v) is 6.14. The van der Waals surface area contributed by atoms with Gasteiger partial charge in [-0.15, -0.1) is 0 Å². The fourth-order valence-corrected chi connectivity index (χ4v) is 2.24. The van der Waals surface area contributed by atoms with Crippen LogP contribution in [0.2, 0.25) is 0 Å². The van der Waals surface area contributed by atoms with Gasteiger partial charge in [0.05, 0.1) is 0 Å². The van der Waals surface area contributed by atoms with E-state index in [2.05, 4.69) is 41.4 Å². The lowest BCUT2D eigenvalue weighted by molar-refractivity contribution is 0.661. The van der Waals surface area contributed by atoms with E-state index in [0.717, 1.165) is 6.42 Å². The van der Waals surface area contributed by atoms with E-state index < -0.39 is 0 Å². The highest BCUT2D eigenvalue weighted by molar-refractivity contribution is 5.49. The molecule has 16 heavy (non-hydrogen) atoms. The molecule has 2 nitrogen and oxygen atoms in total. The Kier molecular flexibility index (Phi) is 3.83. The number of likely N-dealkylation sites (N-methyl/N-ethyl adjacent to an activating group) is 1. The highest BCUT2D eigenvalue weighted by Crippen LogP contribution is 2.21. The molecular formula is C14H21N2. The van der Waals surface area contributed by atoms with Gasteiger partial charge >= 0.3 is 0 Å². The molecule has 1 heterocycles. The van der Waals surface area contributed by atoms with E-state index in [9.17, 15) is 0 Å². The predicted octanol–water partition coefficient (Wildman–Crippen LogP) is 2.25. The third-order valence-electron chi connectivity index (χ3n) is 3.27. The zero-order valence-corrected chi connectivity index (χ0v) is 10.1. The number of hydrogen-bond donors (Lipinski definition) is 1. The molecule has 2 rings (SSSR count). The number of benzene rings is 1. The van der Waals surface area contributed by atoms with Crippen molar-refractivity contribution in [2.45, 2.75) is 25.3 Å². The predicted molar refractivity (Wildman–Crippen MR) is 69.8 cm³/mol. The minimum absolute atomic E-state index is 0.300. The number of nitrogens with one attached hydrogen (secondary N) is 1. The smallest absolute Gasteiger partial charge is 0.0368 e. The van der Waals surface area contributed by atoms with Gasteiger partial charge < -0.3 is 10.2 Å². The summed E-state index contributed by atoms with van der Waals surface area (Å²) < 4.78 is 0. The monoisotopic (exact) mass is 217 g/mol. The van der Waals surface area contributed by atoms with Crippen LogP contribution in [0.15, 0.2) is 24.3 Å². The standard InChI is InChI=1S/C14H21N2/c1-12(15-2)10-13-6-5-7-14(11-13)16-8-3-4-9-16/h5-7,11-12,15H,1,3-4,8-10H2,2H3/t12-/m0/s1. The molecule has 1 radical (unpaired) electrons. The quantitative estimate of drug-likeness (QED) is 0.832. The van der Waals surface area contributed by atoms with Crippen molar-refractivity contribution < 1.29 is 0 Å². The van der Waals surface area contributed by atoms with Crippen LogP contribution in [0.25, 0.3) is 0 Å². The molecule has 1 N–H and O–H groups in total. The van der Waals surface area contributed by atoms with E-state index in [1.807, 2.05) is 7.05 Å². The second kappa shape index (κ2) is 5.35. The molecule has 0 bridgehead atoms. The fourth-order valence-electron chi connectivity index (χ4n) is 2.24. The Morgan fingerprint density at radius 2 is 2.12 bits per heavy atom. The second-order valence-electron chi connectivity index (χ2n) is 4.55. The summed E-state index contributed by atoms with van der Waals surface area (Å²) >= 11 is 0. The number of anilines is 1. The summed E-state index contributed by atoms with van der Waals surface area (Å²) in [6, 6.07) is 9.17. The van der Waals surface area contributed by atoms with Crippen molar-refractivity contribution in [3.05, 3.63) is 36.8 Å². The summed E-state index contributed by atoms with van der Waals surface area (Å²) in [6.45, 7) is 6.48. The lowest BCUT2D eigenvalue weighted by Gasteiger charge is -2.19. The van der Waals surface area contributed by atoms with Crippen molar-refractivity contribution in [1.82, 2.24) is 5.32 Å². The van der Waals surface area contributed by atoms with Gasteiger partial charge in [0, 0.05) is 24.8 Å². The topological polar surface area (TPSA) is 15.3 Å². The molecule has 0 unspecified atom stereocenters. The van der Waals surface area contributed by atoms with Crippen LogP contribution in [-0.2, 0) is 6.42 Å². The van der Waals surface area contributed by atoms with Gasteiger partial charge in [0.2, 0.25) is 0 Å². The average molecular weight is 217 g/mol. The summed E-state index contributed by atoms with van der Waals surface area (Å²) in [4.78, 5) is 2.47. The van der Waals surface area contributed by atoms with E-state index in [-0.39, 0.29) is 0 Å². The summed E-state index contributed by atoms with van der Waals surface area (Å²) in [5.74, 6) is 0. The third-order valence-corrected chi connectivity index (χ3v) is 3.27. The van der Waals surface area contributed by atoms with Crippen molar-refractivity contribution in [1.29, 1.82) is 0 Å². The molecular weight excluding hydrogens is 196 g/mol. The van der Waals surface area contributed by atoms with Crippen LogP contribution in [0, 0.1) is 6.92 Å². The Morgan fingerprint density at radius 1 is 1.38 bits per heavy atom. The van der Waals surface area contributed by atoms with Crippen LogP contribution in [0.5, 0.6) is 0 Å². The average Bonchev–Trinajstić information content (AvgIpc) is 2.83. The van der Waals surface area contributed by atoms with Gasteiger partial charge in [-0.2, -0.15) is 0 Å². The van der Waals surface area contributed by atoms with Gasteiger partial charge in [0.1, 0.15) is 0 Å². The number of nitrogens with zero attached hydrogens (tertiary/aromatic N) is 1. The molecule has 2 heteroatoms. The van der Waals surface area contributed by atoms with E-state index in [0.29, 0.717) is 6.04 Å². The molecule has 1 aliphatic heterocycles. The van der Waals surface area contributed by atoms with Crippen LogP contribution >= 0.6 is 0 Å². The number of rotatable bonds is 4. The Hall–Kier alpha value is -1.02. The molecule has 0 aromatic heterocycles. The summed E-state index contributed by atoms with van der Waals surface area (Å²) in [5.41, 5.74) is 2.75. The molecule has 1 aliphatic rings. The maximum absolute atomic E-state index is 4.05. The Morgan fingerprint density at radius 3 is 2.81 bits per heavy atom. The van der Waals surface area contributed by atoms with Gasteiger partial charge in [0.25, 0.3) is 0 Å². The first-order valence-electron chi connectivity index (χ1n) is 6.14. The molecule has 87 valence electrons. The molecule has 1 aromatic rings. The molecule has 0 aliphatic carbocycles. The first-order chi connectivity index (χ1) is 7.79. The summed E-state index contributed by atoms with van der Waals surface area (Å²) in [6.07, 6.45) is 3.66. The van der Waals surface area contributed by atoms with Gasteiger partial charge in [-0.1, -0.05) is 12.1 Å². The minimum Gasteiger partial charge on any atom is -0.372 e. The summed E-state index contributed by atoms with van der Waals surface area (Å²) in [7, 11) is 1.96. The Bertz CT molecular complexity index is 329. The van der Waals surface area contributed by atoms with Crippen molar-refractivity contribution >= 4 is 5.69 Å². The Labute approximate surface area is 98.7 Å². The van der Waals surface area contributed by atoms with Crippen LogP contribution in [-0.4, -0.2) is 26.2 Å². The Balaban J connectivity index is 2.06. The molecule has 1 saturated heterocycles. The molecule has 0 spiro atoms. The zero-order valence-electron chi connectivity index (χ0n) is 10.1. The van der Waals surface area contributed by atoms with Crippen LogP contribution in [0.1, 0.15) is 18.4 Å². The lowest BCUT2D eigenvalue weighted by Crippen LogP contribution is -2.24. The van der Waals surface area contributed by atoms with Crippen molar-refractivity contribution in [2.75, 3.05) is 25.0 Å². The third kappa shape index (κ3) is 2.76. The van der Waals surface area contributed by atoms with Gasteiger partial charge in [0.15, 0.2) is 0 Å². The van der Waals surface area contributed by atoms with E-state index in [4.69, 9.17) is 0 Å². The minimum atomic E-state index is 0.300. The van der Waals surface area contributed by atoms with Gasteiger partial charge in [-0.3, -0.25) is 0 Å². The zero-order chi connectivity index (χ0) is 11.4. The molecule has 0 saturated carbocycles. The van der Waals surface area contributed by atoms with E-state index in [1.54, 1.807) is 0 Å². The highest BCUT2D eigenvalue weighted by Gasteiger charge is 2.12. The van der Waals surface area contributed by atoms with Gasteiger partial charge in [-0.25, -0.2) is 0 Å². The van der Waals surface area contributed by atoms with Crippen molar-refractivity contribution in [3.63, 3.8) is 0 Å². The van der Waals surface area contributed by atoms with Crippen LogP contribution in [0.3, 0.4) is 0 Å². The van der Waals surface area contributed by atoms with E-state index in [1.165, 1.54) is 37.2 Å². The fraction of sp³-hybridized carbons (Fsp3) is 0.500. The highest BCUT2D eigenvalue weighted by atomic mass is 15.1. The summed E-state index contributed by atoms with van der Waals surface area (Å²) in [5, 5.41) is 3.18. The molecule has 1 aromatic carbocycles. The normalized spacial score (nSPS) is 17.8. The van der Waals surface area contributed by atoms with Gasteiger partial charge in [-0.05, 0) is 50.9 Å². The molecule has 0 amide bonds. The SMILES string of the molecule is [CH2][C@@H](Cc1cccc(N2CCCC2)c1)NC. The maximum atomic E-state index is 4.05. The number of hydrogen-bond acceptors (Lipinski definition) is 2. The molecule has 1 atom stereocenters. The maximum Gasteiger partial charge on any atom is 0.0368 e. The van der Waals surface area contributed by atoms with E-state index >= 15 is 0 Å². The molecule has 1 fully saturated rings. The van der Waals surface area contributed by atoms with Crippen molar-refractivity contribution in [3.8, 4) is 0 Å². The second-order valence-corrected chi connectivity index (χ2v) is 4.55. The van der Waals surface area contributed by atoms with Crippen molar-refractivity contribution in [2.24, 2.45) is 0 Å². The lowest BCUT2D eigenvalue weighted by atomic mass is 10.1. The van der Waals surface area contributed by atoms with Crippen LogP contribution in [0.4, 0.5) is 5.69 Å². The first kappa shape index (κ1) is 11.5. The van der Waals surface area contributed by atoms with Crippen LogP contribution < -0.4 is 10.2 Å². The largest absolute Gasteiger partial charge is 0.372 e.